The van der Waals surface area contributed by atoms with Gasteiger partial charge in [-0.05, 0) is 25.1 Å². The van der Waals surface area contributed by atoms with E-state index in [-0.39, 0.29) is 11.6 Å². The molecule has 1 amide bonds. The normalized spacial score (nSPS) is 10.2. The molecule has 0 saturated heterocycles. The summed E-state index contributed by atoms with van der Waals surface area (Å²) in [6, 6.07) is 14.4. The van der Waals surface area contributed by atoms with Crippen molar-refractivity contribution in [3.05, 3.63) is 69.8 Å². The third kappa shape index (κ3) is 4.08. The molecule has 2 aromatic carbocycles. The summed E-state index contributed by atoms with van der Waals surface area (Å²) in [5, 5.41) is 13.7. The first-order valence-corrected chi connectivity index (χ1v) is 7.78. The highest BCUT2D eigenvalue weighted by atomic mass is 32.2. The maximum absolute atomic E-state index is 12.1. The number of amides is 1. The van der Waals surface area contributed by atoms with Crippen LogP contribution >= 0.6 is 11.8 Å². The Labute approximate surface area is 132 Å². The molecule has 2 aromatic rings. The van der Waals surface area contributed by atoms with Crippen molar-refractivity contribution >= 4 is 23.4 Å². The lowest BCUT2D eigenvalue weighted by molar-refractivity contribution is -0.385. The fraction of sp³-hybridized carbons (Fsp3) is 0.188. The Hall–Kier alpha value is -2.34. The number of hydrogen-bond donors (Lipinski definition) is 1. The van der Waals surface area contributed by atoms with Crippen molar-refractivity contribution in [3.63, 3.8) is 0 Å². The summed E-state index contributed by atoms with van der Waals surface area (Å²) in [5.74, 6) is 0.457. The summed E-state index contributed by atoms with van der Waals surface area (Å²) >= 11 is 1.65. The number of carbonyl (C=O) groups is 1. The van der Waals surface area contributed by atoms with Crippen molar-refractivity contribution in [1.29, 1.82) is 0 Å². The highest BCUT2D eigenvalue weighted by Gasteiger charge is 2.17. The average molecular weight is 316 g/mol. The smallest absolute Gasteiger partial charge is 0.273 e. The summed E-state index contributed by atoms with van der Waals surface area (Å²) in [6.45, 7) is 2.09. The number of nitrogens with one attached hydrogen (secondary N) is 1. The van der Waals surface area contributed by atoms with Crippen LogP contribution in [0.2, 0.25) is 0 Å². The first-order chi connectivity index (χ1) is 10.6. The molecular formula is C16H16N2O3S. The second-order valence-electron chi connectivity index (χ2n) is 4.62. The number of rotatable bonds is 6. The summed E-state index contributed by atoms with van der Waals surface area (Å²) < 4.78 is 0. The standard InChI is InChI=1S/C16H16N2O3S/c1-12-14(8-5-9-15(12)18(20)21)16(19)17-10-11-22-13-6-3-2-4-7-13/h2-9H,10-11H2,1H3,(H,17,19). The molecule has 0 fully saturated rings. The predicted molar refractivity (Wildman–Crippen MR) is 87.3 cm³/mol. The van der Waals surface area contributed by atoms with Crippen LogP contribution in [0.15, 0.2) is 53.4 Å². The van der Waals surface area contributed by atoms with E-state index in [9.17, 15) is 14.9 Å². The van der Waals surface area contributed by atoms with Crippen LogP contribution in [0.1, 0.15) is 15.9 Å². The molecule has 5 nitrogen and oxygen atoms in total. The number of thioether (sulfide) groups is 1. The molecule has 0 spiro atoms. The van der Waals surface area contributed by atoms with E-state index in [0.29, 0.717) is 17.7 Å². The van der Waals surface area contributed by atoms with Gasteiger partial charge in [0.1, 0.15) is 0 Å². The second-order valence-corrected chi connectivity index (χ2v) is 5.79. The largest absolute Gasteiger partial charge is 0.351 e. The first-order valence-electron chi connectivity index (χ1n) is 6.79. The average Bonchev–Trinajstić information content (AvgIpc) is 2.52. The van der Waals surface area contributed by atoms with Crippen molar-refractivity contribution in [3.8, 4) is 0 Å². The van der Waals surface area contributed by atoms with Gasteiger partial charge in [0.15, 0.2) is 0 Å². The lowest BCUT2D eigenvalue weighted by atomic mass is 10.1. The monoisotopic (exact) mass is 316 g/mol. The van der Waals surface area contributed by atoms with E-state index in [1.807, 2.05) is 30.3 Å². The minimum Gasteiger partial charge on any atom is -0.351 e. The van der Waals surface area contributed by atoms with Gasteiger partial charge in [-0.1, -0.05) is 24.3 Å². The number of hydrogen-bond acceptors (Lipinski definition) is 4. The Morgan fingerprint density at radius 3 is 2.59 bits per heavy atom. The molecule has 0 heterocycles. The van der Waals surface area contributed by atoms with E-state index in [2.05, 4.69) is 5.32 Å². The number of benzene rings is 2. The number of nitro groups is 1. The molecule has 0 aliphatic heterocycles. The van der Waals surface area contributed by atoms with Gasteiger partial charge in [-0.3, -0.25) is 14.9 Å². The molecule has 2 rings (SSSR count). The molecule has 0 unspecified atom stereocenters. The Balaban J connectivity index is 1.90. The molecule has 0 aliphatic carbocycles. The van der Waals surface area contributed by atoms with E-state index < -0.39 is 4.92 Å². The Morgan fingerprint density at radius 2 is 1.91 bits per heavy atom. The van der Waals surface area contributed by atoms with Crippen LogP contribution in [0, 0.1) is 17.0 Å². The van der Waals surface area contributed by atoms with Gasteiger partial charge in [-0.2, -0.15) is 0 Å². The third-order valence-corrected chi connectivity index (χ3v) is 4.16. The van der Waals surface area contributed by atoms with Crippen LogP contribution in [-0.4, -0.2) is 23.1 Å². The second kappa shape index (κ2) is 7.61. The number of carbonyl (C=O) groups excluding carboxylic acids is 1. The van der Waals surface area contributed by atoms with Crippen molar-refractivity contribution in [2.24, 2.45) is 0 Å². The summed E-state index contributed by atoms with van der Waals surface area (Å²) in [6.07, 6.45) is 0. The van der Waals surface area contributed by atoms with Gasteiger partial charge >= 0.3 is 0 Å². The molecule has 0 aromatic heterocycles. The quantitative estimate of drug-likeness (QED) is 0.383. The molecule has 6 heteroatoms. The lowest BCUT2D eigenvalue weighted by Crippen LogP contribution is -2.26. The highest BCUT2D eigenvalue weighted by Crippen LogP contribution is 2.21. The lowest BCUT2D eigenvalue weighted by Gasteiger charge is -2.08. The van der Waals surface area contributed by atoms with E-state index in [0.717, 1.165) is 10.6 Å². The molecule has 0 aliphatic rings. The van der Waals surface area contributed by atoms with E-state index in [1.54, 1.807) is 24.8 Å². The maximum atomic E-state index is 12.1. The zero-order chi connectivity index (χ0) is 15.9. The van der Waals surface area contributed by atoms with Crippen LogP contribution in [0.5, 0.6) is 0 Å². The van der Waals surface area contributed by atoms with Gasteiger partial charge in [0.05, 0.1) is 4.92 Å². The van der Waals surface area contributed by atoms with Gasteiger partial charge in [0.25, 0.3) is 11.6 Å². The molecule has 114 valence electrons. The van der Waals surface area contributed by atoms with E-state index in [4.69, 9.17) is 0 Å². The Kier molecular flexibility index (Phi) is 5.55. The minimum atomic E-state index is -0.475. The summed E-state index contributed by atoms with van der Waals surface area (Å²) in [7, 11) is 0. The maximum Gasteiger partial charge on any atom is 0.273 e. The van der Waals surface area contributed by atoms with Gasteiger partial charge < -0.3 is 5.32 Å². The van der Waals surface area contributed by atoms with Crippen molar-refractivity contribution in [2.75, 3.05) is 12.3 Å². The molecule has 0 radical (unpaired) electrons. The minimum absolute atomic E-state index is 0.0358. The molecule has 0 atom stereocenters. The van der Waals surface area contributed by atoms with Gasteiger partial charge in [0, 0.05) is 34.4 Å². The Bertz CT molecular complexity index is 674. The fourth-order valence-corrected chi connectivity index (χ4v) is 2.80. The van der Waals surface area contributed by atoms with Gasteiger partial charge in [-0.25, -0.2) is 0 Å². The molecule has 1 N–H and O–H groups in total. The van der Waals surface area contributed by atoms with Crippen LogP contribution in [0.25, 0.3) is 0 Å². The van der Waals surface area contributed by atoms with Crippen LogP contribution in [0.3, 0.4) is 0 Å². The number of nitro benzene ring substituents is 1. The SMILES string of the molecule is Cc1c(C(=O)NCCSc2ccccc2)cccc1[N+](=O)[O-]. The fourth-order valence-electron chi connectivity index (χ4n) is 2.01. The summed E-state index contributed by atoms with van der Waals surface area (Å²) in [4.78, 5) is 23.7. The topological polar surface area (TPSA) is 72.2 Å². The predicted octanol–water partition coefficient (Wildman–Crippen LogP) is 3.43. The van der Waals surface area contributed by atoms with Crippen LogP contribution < -0.4 is 5.32 Å². The van der Waals surface area contributed by atoms with E-state index >= 15 is 0 Å². The van der Waals surface area contributed by atoms with Crippen LogP contribution in [-0.2, 0) is 0 Å². The molecule has 0 bridgehead atoms. The molecular weight excluding hydrogens is 300 g/mol. The zero-order valence-electron chi connectivity index (χ0n) is 12.1. The van der Waals surface area contributed by atoms with Crippen LogP contribution in [0.4, 0.5) is 5.69 Å². The number of nitrogens with zero attached hydrogens (tertiary/aromatic N) is 1. The van der Waals surface area contributed by atoms with Gasteiger partial charge in [-0.15, -0.1) is 11.8 Å². The summed E-state index contributed by atoms with van der Waals surface area (Å²) in [5.41, 5.74) is 0.700. The van der Waals surface area contributed by atoms with Gasteiger partial charge in [0.2, 0.25) is 0 Å². The first kappa shape index (κ1) is 16.0. The Morgan fingerprint density at radius 1 is 1.18 bits per heavy atom. The van der Waals surface area contributed by atoms with Crippen molar-refractivity contribution < 1.29 is 9.72 Å². The zero-order valence-corrected chi connectivity index (χ0v) is 12.9. The molecule has 0 saturated carbocycles. The molecule has 22 heavy (non-hydrogen) atoms. The highest BCUT2D eigenvalue weighted by molar-refractivity contribution is 7.99. The third-order valence-electron chi connectivity index (χ3n) is 3.15. The van der Waals surface area contributed by atoms with Crippen molar-refractivity contribution in [2.45, 2.75) is 11.8 Å². The van der Waals surface area contributed by atoms with Crippen molar-refractivity contribution in [1.82, 2.24) is 5.32 Å². The van der Waals surface area contributed by atoms with E-state index in [1.165, 1.54) is 12.1 Å².